The summed E-state index contributed by atoms with van der Waals surface area (Å²) in [5, 5.41) is 24.5. The lowest BCUT2D eigenvalue weighted by Crippen LogP contribution is -2.39. The molecule has 1 atom stereocenters. The van der Waals surface area contributed by atoms with Crippen molar-refractivity contribution in [3.63, 3.8) is 0 Å². The minimum Gasteiger partial charge on any atom is -0.478 e. The second-order valence-electron chi connectivity index (χ2n) is 10.0. The Bertz CT molecular complexity index is 1780. The number of hydrazone groups is 1. The Kier molecular flexibility index (Phi) is 7.56. The van der Waals surface area contributed by atoms with E-state index in [0.29, 0.717) is 42.6 Å². The molecule has 1 N–H and O–H groups in total. The van der Waals surface area contributed by atoms with Gasteiger partial charge in [0.25, 0.3) is 5.88 Å². The molecule has 11 nitrogen and oxygen atoms in total. The Hall–Kier alpha value is -5.16. The number of benzene rings is 2. The number of nitriles is 1. The fourth-order valence-electron chi connectivity index (χ4n) is 4.80. The van der Waals surface area contributed by atoms with Gasteiger partial charge in [0, 0.05) is 24.8 Å². The molecule has 2 aliphatic heterocycles. The summed E-state index contributed by atoms with van der Waals surface area (Å²) in [4.78, 5) is 21.6. The molecule has 6 rings (SSSR count). The standard InChI is InChI=1S/C29H24F3N7O4/c30-21-9-17(12-33)1-2-19(21)15-43-28-23(32)11-22(31)27(36-28)37-6-7-38(34-16-37)14-26-35-24-4-3-18(29(40)41)10-25(24)39(26)13-20-5-8-42-20/h1-4,9-11,16,20H,5-8,13-15H2,(H,40,41)/t20-/m0/s1. The number of pyridine rings is 1. The maximum atomic E-state index is 14.8. The van der Waals surface area contributed by atoms with Crippen LogP contribution in [0.1, 0.15) is 33.7 Å². The molecule has 14 heteroatoms. The summed E-state index contributed by atoms with van der Waals surface area (Å²) < 4.78 is 56.3. The van der Waals surface area contributed by atoms with Crippen LogP contribution in [0.25, 0.3) is 11.0 Å². The van der Waals surface area contributed by atoms with E-state index in [2.05, 4.69) is 10.1 Å². The summed E-state index contributed by atoms with van der Waals surface area (Å²) in [6.07, 6.45) is 2.25. The summed E-state index contributed by atoms with van der Waals surface area (Å²) in [6, 6.07) is 11.0. The minimum atomic E-state index is -1.05. The molecule has 0 spiro atoms. The number of rotatable bonds is 9. The van der Waals surface area contributed by atoms with Crippen molar-refractivity contribution in [1.82, 2.24) is 19.5 Å². The summed E-state index contributed by atoms with van der Waals surface area (Å²) in [5.41, 5.74) is 1.69. The highest BCUT2D eigenvalue weighted by Crippen LogP contribution is 2.27. The first-order chi connectivity index (χ1) is 20.8. The van der Waals surface area contributed by atoms with Crippen molar-refractivity contribution in [2.75, 3.05) is 24.6 Å². The van der Waals surface area contributed by atoms with Crippen molar-refractivity contribution >= 4 is 29.2 Å². The van der Waals surface area contributed by atoms with E-state index in [4.69, 9.17) is 19.7 Å². The number of fused-ring (bicyclic) bond motifs is 1. The van der Waals surface area contributed by atoms with Gasteiger partial charge in [-0.3, -0.25) is 5.01 Å². The van der Waals surface area contributed by atoms with Gasteiger partial charge in [-0.2, -0.15) is 15.3 Å². The molecule has 1 fully saturated rings. The van der Waals surface area contributed by atoms with E-state index in [9.17, 15) is 23.1 Å². The monoisotopic (exact) mass is 591 g/mol. The maximum absolute atomic E-state index is 14.8. The smallest absolute Gasteiger partial charge is 0.335 e. The number of carboxylic acids is 1. The van der Waals surface area contributed by atoms with E-state index >= 15 is 0 Å². The Morgan fingerprint density at radius 3 is 2.60 bits per heavy atom. The summed E-state index contributed by atoms with van der Waals surface area (Å²) in [6.45, 7) is 1.68. The molecule has 1 saturated heterocycles. The van der Waals surface area contributed by atoms with Gasteiger partial charge in [0.05, 0.1) is 54.0 Å². The molecular weight excluding hydrogens is 567 g/mol. The van der Waals surface area contributed by atoms with E-state index in [-0.39, 0.29) is 48.3 Å². The largest absolute Gasteiger partial charge is 0.478 e. The van der Waals surface area contributed by atoms with Crippen LogP contribution in [0.5, 0.6) is 5.88 Å². The first-order valence-corrected chi connectivity index (χ1v) is 13.4. The zero-order valence-corrected chi connectivity index (χ0v) is 22.6. The molecule has 2 aromatic heterocycles. The Balaban J connectivity index is 1.18. The zero-order valence-electron chi connectivity index (χ0n) is 22.6. The second kappa shape index (κ2) is 11.6. The number of aromatic nitrogens is 3. The lowest BCUT2D eigenvalue weighted by Gasteiger charge is -2.30. The van der Waals surface area contributed by atoms with Gasteiger partial charge in [-0.1, -0.05) is 6.07 Å². The van der Waals surface area contributed by atoms with Gasteiger partial charge < -0.3 is 24.0 Å². The number of nitrogens with zero attached hydrogens (tertiary/aromatic N) is 7. The van der Waals surface area contributed by atoms with Crippen molar-refractivity contribution in [3.05, 3.63) is 82.4 Å². The van der Waals surface area contributed by atoms with E-state index in [1.165, 1.54) is 29.4 Å². The lowest BCUT2D eigenvalue weighted by molar-refractivity contribution is -0.0592. The van der Waals surface area contributed by atoms with Crippen molar-refractivity contribution < 1.29 is 32.5 Å². The van der Waals surface area contributed by atoms with Crippen LogP contribution in [-0.4, -0.2) is 62.8 Å². The summed E-state index contributed by atoms with van der Waals surface area (Å²) >= 11 is 0. The van der Waals surface area contributed by atoms with E-state index in [1.807, 2.05) is 10.6 Å². The molecule has 0 aliphatic carbocycles. The molecule has 0 bridgehead atoms. The predicted octanol–water partition coefficient (Wildman–Crippen LogP) is 4.05. The molecule has 2 aromatic carbocycles. The molecule has 0 unspecified atom stereocenters. The Morgan fingerprint density at radius 1 is 1.09 bits per heavy atom. The summed E-state index contributed by atoms with van der Waals surface area (Å²) in [7, 11) is 0. The SMILES string of the molecule is N#Cc1ccc(COc2nc(N3C=NN(Cc4nc5ccc(C(=O)O)cc5n4C[C@@H]4CCO4)CC3)c(F)cc2F)c(F)c1. The highest BCUT2D eigenvalue weighted by atomic mass is 19.1. The quantitative estimate of drug-likeness (QED) is 0.307. The number of hydrogen-bond acceptors (Lipinski definition) is 9. The first kappa shape index (κ1) is 28.0. The van der Waals surface area contributed by atoms with Gasteiger partial charge >= 0.3 is 5.97 Å². The minimum absolute atomic E-state index is 0.00216. The number of hydrogen-bond donors (Lipinski definition) is 1. The number of carbonyl (C=O) groups is 1. The third kappa shape index (κ3) is 5.80. The molecule has 4 heterocycles. The highest BCUT2D eigenvalue weighted by Gasteiger charge is 2.25. The van der Waals surface area contributed by atoms with Crippen molar-refractivity contribution in [1.29, 1.82) is 5.26 Å². The van der Waals surface area contributed by atoms with Crippen LogP contribution < -0.4 is 9.64 Å². The van der Waals surface area contributed by atoms with Crippen LogP contribution in [0.4, 0.5) is 19.0 Å². The fourth-order valence-corrected chi connectivity index (χ4v) is 4.80. The van der Waals surface area contributed by atoms with Gasteiger partial charge in [-0.15, -0.1) is 0 Å². The summed E-state index contributed by atoms with van der Waals surface area (Å²) in [5.74, 6) is -3.76. The molecule has 0 amide bonds. The third-order valence-electron chi connectivity index (χ3n) is 7.23. The van der Waals surface area contributed by atoms with Crippen LogP contribution >= 0.6 is 0 Å². The molecular formula is C29H24F3N7O4. The molecule has 220 valence electrons. The number of halogens is 3. The number of imidazole rings is 1. The third-order valence-corrected chi connectivity index (χ3v) is 7.23. The van der Waals surface area contributed by atoms with Gasteiger partial charge in [0.1, 0.15) is 24.6 Å². The number of carboxylic acid groups (broad SMARTS) is 1. The van der Waals surface area contributed by atoms with Gasteiger partial charge in [-0.25, -0.2) is 22.9 Å². The number of ether oxygens (including phenoxy) is 2. The molecule has 0 saturated carbocycles. The lowest BCUT2D eigenvalue weighted by atomic mass is 10.1. The van der Waals surface area contributed by atoms with Crippen LogP contribution in [0.3, 0.4) is 0 Å². The van der Waals surface area contributed by atoms with E-state index in [0.717, 1.165) is 12.5 Å². The van der Waals surface area contributed by atoms with Crippen LogP contribution in [0, 0.1) is 28.8 Å². The van der Waals surface area contributed by atoms with Crippen molar-refractivity contribution in [3.8, 4) is 11.9 Å². The van der Waals surface area contributed by atoms with E-state index < -0.39 is 29.3 Å². The van der Waals surface area contributed by atoms with Crippen LogP contribution in [0.15, 0.2) is 47.6 Å². The topological polar surface area (TPSA) is 129 Å². The maximum Gasteiger partial charge on any atom is 0.335 e. The average Bonchev–Trinajstić information content (AvgIpc) is 3.31. The Morgan fingerprint density at radius 2 is 1.93 bits per heavy atom. The molecule has 43 heavy (non-hydrogen) atoms. The first-order valence-electron chi connectivity index (χ1n) is 13.4. The fraction of sp³-hybridized carbons (Fsp3) is 0.276. The van der Waals surface area contributed by atoms with Gasteiger partial charge in [-0.05, 0) is 36.8 Å². The van der Waals surface area contributed by atoms with Crippen molar-refractivity contribution in [2.24, 2.45) is 5.10 Å². The molecule has 2 aliphatic rings. The molecule has 0 radical (unpaired) electrons. The predicted molar refractivity (Wildman–Crippen MR) is 147 cm³/mol. The Labute approximate surface area is 243 Å². The van der Waals surface area contributed by atoms with Gasteiger partial charge in [0.15, 0.2) is 17.5 Å². The van der Waals surface area contributed by atoms with Crippen LogP contribution in [-0.2, 0) is 24.4 Å². The normalized spacial score (nSPS) is 16.3. The zero-order chi connectivity index (χ0) is 30.1. The highest BCUT2D eigenvalue weighted by molar-refractivity contribution is 5.92. The van der Waals surface area contributed by atoms with Crippen LogP contribution in [0.2, 0.25) is 0 Å². The second-order valence-corrected chi connectivity index (χ2v) is 10.0. The van der Waals surface area contributed by atoms with Crippen molar-refractivity contribution in [2.45, 2.75) is 32.2 Å². The van der Waals surface area contributed by atoms with Gasteiger partial charge in [0.2, 0.25) is 0 Å². The number of anilines is 1. The molecule has 4 aromatic rings. The number of aromatic carboxylic acids is 1. The average molecular weight is 592 g/mol. The van der Waals surface area contributed by atoms with E-state index in [1.54, 1.807) is 17.1 Å².